The number of carbonyl (C=O) groups is 4. The number of hydrogen-bond donors (Lipinski definition) is 3. The van der Waals surface area contributed by atoms with Crippen molar-refractivity contribution in [3.63, 3.8) is 0 Å². The third-order valence-electron chi connectivity index (χ3n) is 5.28. The minimum atomic E-state index is -1.03. The molecule has 0 radical (unpaired) electrons. The van der Waals surface area contributed by atoms with Gasteiger partial charge in [-0.25, -0.2) is 4.79 Å². The highest BCUT2D eigenvalue weighted by Gasteiger charge is 2.25. The molecule has 3 amide bonds. The predicted molar refractivity (Wildman–Crippen MR) is 122 cm³/mol. The number of anilines is 1. The summed E-state index contributed by atoms with van der Waals surface area (Å²) in [6.07, 6.45) is 1.18. The van der Waals surface area contributed by atoms with E-state index in [1.807, 2.05) is 0 Å². The number of hydrogen-bond acceptors (Lipinski definition) is 6. The van der Waals surface area contributed by atoms with Crippen LogP contribution in [0.2, 0.25) is 0 Å². The molecule has 0 aliphatic rings. The van der Waals surface area contributed by atoms with Crippen LogP contribution in [0, 0.1) is 6.92 Å². The van der Waals surface area contributed by atoms with Gasteiger partial charge >= 0.3 is 11.6 Å². The van der Waals surface area contributed by atoms with Crippen LogP contribution in [-0.4, -0.2) is 53.3 Å². The van der Waals surface area contributed by atoms with Crippen LogP contribution < -0.4 is 16.3 Å². The van der Waals surface area contributed by atoms with Gasteiger partial charge in [-0.05, 0) is 43.9 Å². The average Bonchev–Trinajstić information content (AvgIpc) is 2.73. The average molecular weight is 459 g/mol. The summed E-state index contributed by atoms with van der Waals surface area (Å²) in [6.45, 7) is 3.51. The van der Waals surface area contributed by atoms with Crippen LogP contribution in [0.15, 0.2) is 33.5 Å². The summed E-state index contributed by atoms with van der Waals surface area (Å²) in [5, 5.41) is 14.8. The monoisotopic (exact) mass is 459 g/mol. The first-order chi connectivity index (χ1) is 15.6. The second-order valence-corrected chi connectivity index (χ2v) is 7.83. The lowest BCUT2D eigenvalue weighted by molar-refractivity contribution is -0.138. The molecule has 0 fully saturated rings. The molecule has 0 saturated heterocycles. The van der Waals surface area contributed by atoms with Crippen LogP contribution in [-0.2, 0) is 19.2 Å². The van der Waals surface area contributed by atoms with E-state index in [0.717, 1.165) is 10.9 Å². The number of fused-ring (bicyclic) bond motifs is 1. The van der Waals surface area contributed by atoms with Crippen LogP contribution in [0.4, 0.5) is 5.69 Å². The molecular weight excluding hydrogens is 430 g/mol. The summed E-state index contributed by atoms with van der Waals surface area (Å²) >= 11 is 0. The number of carboxylic acids is 1. The number of benzene rings is 1. The van der Waals surface area contributed by atoms with E-state index in [9.17, 15) is 24.0 Å². The van der Waals surface area contributed by atoms with Gasteiger partial charge in [0.2, 0.25) is 17.7 Å². The van der Waals surface area contributed by atoms with E-state index in [-0.39, 0.29) is 30.6 Å². The van der Waals surface area contributed by atoms with Crippen molar-refractivity contribution in [3.8, 4) is 0 Å². The number of rotatable bonds is 11. The van der Waals surface area contributed by atoms with Crippen molar-refractivity contribution in [3.05, 3.63) is 40.2 Å². The zero-order valence-electron chi connectivity index (χ0n) is 19.0. The molecule has 0 unspecified atom stereocenters. The van der Waals surface area contributed by atoms with Crippen molar-refractivity contribution >= 4 is 40.3 Å². The number of nitrogens with zero attached hydrogens (tertiary/aromatic N) is 1. The first kappa shape index (κ1) is 25.6. The van der Waals surface area contributed by atoms with Crippen molar-refractivity contribution in [1.29, 1.82) is 0 Å². The fourth-order valence-corrected chi connectivity index (χ4v) is 3.35. The standard InChI is InChI=1S/C23H29N3O7/c1-14-12-22(31)33-19-13-16(7-8-17(14)19)25-23(32)18(26(3)15(2)27)6-4-5-11-24-20(28)9-10-21(29)30/h7-8,12-13,18H,4-6,9-11H2,1-3H3,(H,24,28)(H,25,32)(H,29,30)/t18-/m0/s1. The molecule has 2 aromatic rings. The molecule has 0 bridgehead atoms. The fraction of sp³-hybridized carbons (Fsp3) is 0.435. The second-order valence-electron chi connectivity index (χ2n) is 7.83. The Balaban J connectivity index is 1.98. The van der Waals surface area contributed by atoms with Crippen LogP contribution >= 0.6 is 0 Å². The molecular formula is C23H29N3O7. The molecule has 3 N–H and O–H groups in total. The highest BCUT2D eigenvalue weighted by atomic mass is 16.4. The molecule has 1 aromatic carbocycles. The zero-order valence-corrected chi connectivity index (χ0v) is 19.0. The number of nitrogens with one attached hydrogen (secondary N) is 2. The Morgan fingerprint density at radius 2 is 1.85 bits per heavy atom. The van der Waals surface area contributed by atoms with E-state index in [2.05, 4.69) is 10.6 Å². The van der Waals surface area contributed by atoms with E-state index in [4.69, 9.17) is 9.52 Å². The Hall–Kier alpha value is -3.69. The number of aryl methyl sites for hydroxylation is 1. The van der Waals surface area contributed by atoms with Gasteiger partial charge in [0.25, 0.3) is 0 Å². The summed E-state index contributed by atoms with van der Waals surface area (Å²) in [5.74, 6) is -2.02. The third kappa shape index (κ3) is 7.74. The Morgan fingerprint density at radius 1 is 1.12 bits per heavy atom. The maximum absolute atomic E-state index is 12.9. The first-order valence-electron chi connectivity index (χ1n) is 10.7. The SMILES string of the molecule is CC(=O)N(C)[C@@H](CCCCNC(=O)CCC(=O)O)C(=O)Nc1ccc2c(C)cc(=O)oc2c1. The largest absolute Gasteiger partial charge is 0.481 e. The van der Waals surface area contributed by atoms with Gasteiger partial charge in [-0.15, -0.1) is 0 Å². The number of amides is 3. The van der Waals surface area contributed by atoms with Crippen molar-refractivity contribution < 1.29 is 28.7 Å². The van der Waals surface area contributed by atoms with Crippen LogP contribution in [0.25, 0.3) is 11.0 Å². The van der Waals surface area contributed by atoms with Gasteiger partial charge in [0.15, 0.2) is 0 Å². The molecule has 178 valence electrons. The summed E-state index contributed by atoms with van der Waals surface area (Å²) < 4.78 is 5.21. The Labute approximate surface area is 190 Å². The number of aliphatic carboxylic acids is 1. The second kappa shape index (κ2) is 11.8. The molecule has 1 atom stereocenters. The molecule has 10 heteroatoms. The smallest absolute Gasteiger partial charge is 0.336 e. The molecule has 1 heterocycles. The quantitative estimate of drug-likeness (QED) is 0.344. The lowest BCUT2D eigenvalue weighted by Crippen LogP contribution is -2.44. The van der Waals surface area contributed by atoms with Crippen LogP contribution in [0.1, 0.15) is 44.6 Å². The van der Waals surface area contributed by atoms with Crippen molar-refractivity contribution in [2.75, 3.05) is 18.9 Å². The number of carbonyl (C=O) groups excluding carboxylic acids is 3. The maximum Gasteiger partial charge on any atom is 0.336 e. The van der Waals surface area contributed by atoms with Crippen LogP contribution in [0.3, 0.4) is 0 Å². The Bertz CT molecular complexity index is 1090. The van der Waals surface area contributed by atoms with Gasteiger partial charge in [0, 0.05) is 50.1 Å². The van der Waals surface area contributed by atoms with Gasteiger partial charge in [-0.1, -0.05) is 0 Å². The molecule has 10 nitrogen and oxygen atoms in total. The molecule has 0 aliphatic carbocycles. The zero-order chi connectivity index (χ0) is 24.5. The van der Waals surface area contributed by atoms with Gasteiger partial charge in [-0.2, -0.15) is 0 Å². The number of unbranched alkanes of at least 4 members (excludes halogenated alkanes) is 1. The highest BCUT2D eigenvalue weighted by molar-refractivity contribution is 5.98. The predicted octanol–water partition coefficient (Wildman–Crippen LogP) is 2.04. The van der Waals surface area contributed by atoms with E-state index in [1.54, 1.807) is 32.2 Å². The van der Waals surface area contributed by atoms with E-state index in [1.165, 1.54) is 17.9 Å². The summed E-state index contributed by atoms with van der Waals surface area (Å²) in [6, 6.07) is 5.68. The molecule has 0 spiro atoms. The fourth-order valence-electron chi connectivity index (χ4n) is 3.35. The third-order valence-corrected chi connectivity index (χ3v) is 5.28. The van der Waals surface area contributed by atoms with E-state index < -0.39 is 17.6 Å². The first-order valence-corrected chi connectivity index (χ1v) is 10.7. The lowest BCUT2D eigenvalue weighted by atomic mass is 10.1. The summed E-state index contributed by atoms with van der Waals surface area (Å²) in [4.78, 5) is 59.9. The number of carboxylic acid groups (broad SMARTS) is 1. The van der Waals surface area contributed by atoms with E-state index in [0.29, 0.717) is 37.1 Å². The van der Waals surface area contributed by atoms with Gasteiger partial charge in [0.05, 0.1) is 6.42 Å². The molecule has 0 saturated carbocycles. The summed E-state index contributed by atoms with van der Waals surface area (Å²) in [7, 11) is 1.54. The lowest BCUT2D eigenvalue weighted by Gasteiger charge is -2.26. The van der Waals surface area contributed by atoms with Crippen molar-refractivity contribution in [1.82, 2.24) is 10.2 Å². The minimum Gasteiger partial charge on any atom is -0.481 e. The summed E-state index contributed by atoms with van der Waals surface area (Å²) in [5.41, 5.74) is 1.08. The topological polar surface area (TPSA) is 146 Å². The highest BCUT2D eigenvalue weighted by Crippen LogP contribution is 2.21. The minimum absolute atomic E-state index is 0.0845. The maximum atomic E-state index is 12.9. The van der Waals surface area contributed by atoms with Gasteiger partial charge in [0.1, 0.15) is 11.6 Å². The van der Waals surface area contributed by atoms with Gasteiger partial charge < -0.3 is 25.1 Å². The normalized spacial score (nSPS) is 11.6. The molecule has 2 rings (SSSR count). The molecule has 0 aliphatic heterocycles. The van der Waals surface area contributed by atoms with Crippen molar-refractivity contribution in [2.45, 2.75) is 52.0 Å². The molecule has 33 heavy (non-hydrogen) atoms. The Morgan fingerprint density at radius 3 is 2.52 bits per heavy atom. The van der Waals surface area contributed by atoms with Crippen LogP contribution in [0.5, 0.6) is 0 Å². The molecule has 1 aromatic heterocycles. The van der Waals surface area contributed by atoms with Crippen molar-refractivity contribution in [2.24, 2.45) is 0 Å². The Kier molecular flexibility index (Phi) is 9.14. The van der Waals surface area contributed by atoms with E-state index >= 15 is 0 Å². The van der Waals surface area contributed by atoms with Gasteiger partial charge in [-0.3, -0.25) is 19.2 Å². The number of likely N-dealkylation sites (N-methyl/N-ethyl adjacent to an activating group) is 1.